The van der Waals surface area contributed by atoms with Crippen LogP contribution in [0.2, 0.25) is 0 Å². The summed E-state index contributed by atoms with van der Waals surface area (Å²) in [6.45, 7) is 9.43. The molecule has 0 saturated heterocycles. The lowest BCUT2D eigenvalue weighted by atomic mass is 9.33. The van der Waals surface area contributed by atoms with Gasteiger partial charge >= 0.3 is 0 Å². The summed E-state index contributed by atoms with van der Waals surface area (Å²) in [7, 11) is 0. The molecule has 0 bridgehead atoms. The lowest BCUT2D eigenvalue weighted by Gasteiger charge is -2.44. The molecule has 6 heterocycles. The number of rotatable bonds is 9. The molecule has 0 unspecified atom stereocenters. The number of furan rings is 1. The van der Waals surface area contributed by atoms with Crippen LogP contribution in [0.1, 0.15) is 49.9 Å². The molecule has 5 nitrogen and oxygen atoms in total. The number of benzene rings is 18. The summed E-state index contributed by atoms with van der Waals surface area (Å²) in [5, 5.41) is 4.77. The van der Waals surface area contributed by atoms with Gasteiger partial charge < -0.3 is 24.0 Å². The van der Waals surface area contributed by atoms with Gasteiger partial charge in [-0.25, -0.2) is 0 Å². The lowest BCUT2D eigenvalue weighted by Crippen LogP contribution is -2.61. The van der Waals surface area contributed by atoms with Crippen LogP contribution in [0.25, 0.3) is 120 Å². The Morgan fingerprint density at radius 1 is 0.230 bits per heavy atom. The standard InChI is InChI=1S/C114H76B2N4OS/c1-113(2)91-28-8-5-23-83(91)85-58-47-74(65-93(85)113)69-41-52-78(53-42-69)117-99-33-13-10-30-95(99)115-96-31-11-14-34-100(96)119(104-37-19-36-103(117)110(104)115)80-56-45-71(46-57-80)82-26-18-27-89-88-60-49-77(68-109(88)122-112(82)89)76-50-61-102-98(67-76)116-97-32-12-15-35-101(97)118(79-54-43-70(44-55-79)75-48-59-86-84-24-6-9-29-92(84)114(3,4)94(86)66-75)105-38-20-39-106(111(105)116)120(102)81-22-17-21-72(63-81)73-51-62-108-90(64-73)87-25-7-16-40-107(87)121-108/h5-68H,1-4H3. The van der Waals surface area contributed by atoms with Crippen molar-refractivity contribution in [3.8, 4) is 77.9 Å². The number of fused-ring (bicyclic) bond motifs is 20. The van der Waals surface area contributed by atoms with Crippen LogP contribution in [0.15, 0.2) is 393 Å². The van der Waals surface area contributed by atoms with Crippen LogP contribution in [0.3, 0.4) is 0 Å². The third-order valence-corrected chi connectivity index (χ3v) is 29.1. The fraction of sp³-hybridized carbons (Fsp3) is 0.0526. The molecular weight excluding hydrogens is 1490 g/mol. The molecule has 122 heavy (non-hydrogen) atoms. The zero-order valence-electron chi connectivity index (χ0n) is 67.7. The van der Waals surface area contributed by atoms with Crippen molar-refractivity contribution in [1.29, 1.82) is 0 Å². The molecule has 4 aliphatic heterocycles. The van der Waals surface area contributed by atoms with E-state index in [1.54, 1.807) is 0 Å². The molecule has 0 spiro atoms. The van der Waals surface area contributed by atoms with Crippen molar-refractivity contribution in [3.63, 3.8) is 0 Å². The normalized spacial score (nSPS) is 14.3. The summed E-state index contributed by atoms with van der Waals surface area (Å²) in [6.07, 6.45) is 0. The summed E-state index contributed by atoms with van der Waals surface area (Å²) < 4.78 is 8.91. The van der Waals surface area contributed by atoms with Crippen LogP contribution in [0.4, 0.5) is 68.2 Å². The quantitative estimate of drug-likeness (QED) is 0.134. The minimum Gasteiger partial charge on any atom is -0.456 e. The van der Waals surface area contributed by atoms with E-state index in [9.17, 15) is 0 Å². The maximum Gasteiger partial charge on any atom is 0.252 e. The van der Waals surface area contributed by atoms with E-state index in [1.165, 1.54) is 182 Å². The molecule has 0 fully saturated rings. The number of thiophene rings is 1. The van der Waals surface area contributed by atoms with Gasteiger partial charge in [0, 0.05) is 110 Å². The maximum atomic E-state index is 6.36. The average molecular weight is 1570 g/mol. The first kappa shape index (κ1) is 69.3. The number of hydrogen-bond donors (Lipinski definition) is 0. The molecule has 26 rings (SSSR count). The van der Waals surface area contributed by atoms with Gasteiger partial charge in [0.05, 0.1) is 0 Å². The monoisotopic (exact) mass is 1570 g/mol. The van der Waals surface area contributed by atoms with E-state index in [1.807, 2.05) is 17.4 Å². The van der Waals surface area contributed by atoms with Crippen molar-refractivity contribution in [2.24, 2.45) is 0 Å². The van der Waals surface area contributed by atoms with Crippen molar-refractivity contribution in [1.82, 2.24) is 0 Å². The molecule has 8 heteroatoms. The Kier molecular flexibility index (Phi) is 14.7. The smallest absolute Gasteiger partial charge is 0.252 e. The molecule has 18 aromatic carbocycles. The largest absolute Gasteiger partial charge is 0.456 e. The van der Waals surface area contributed by atoms with Gasteiger partial charge in [-0.3, -0.25) is 0 Å². The lowest BCUT2D eigenvalue weighted by molar-refractivity contribution is 0.660. The minimum absolute atomic E-state index is 0.0436. The zero-order valence-corrected chi connectivity index (χ0v) is 68.5. The van der Waals surface area contributed by atoms with Gasteiger partial charge in [-0.1, -0.05) is 282 Å². The zero-order chi connectivity index (χ0) is 80.5. The Morgan fingerprint density at radius 3 is 1.20 bits per heavy atom. The van der Waals surface area contributed by atoms with Crippen molar-refractivity contribution in [3.05, 3.63) is 411 Å². The van der Waals surface area contributed by atoms with Crippen LogP contribution in [-0.4, -0.2) is 13.4 Å². The Hall–Kier alpha value is -14.7. The topological polar surface area (TPSA) is 26.1 Å². The molecule has 2 aromatic heterocycles. The summed E-state index contributed by atoms with van der Waals surface area (Å²) in [6, 6.07) is 147. The van der Waals surface area contributed by atoms with Gasteiger partial charge in [-0.15, -0.1) is 11.3 Å². The number of nitrogens with zero attached hydrogens (tertiary/aromatic N) is 4. The van der Waals surface area contributed by atoms with E-state index < -0.39 is 0 Å². The molecule has 6 aliphatic rings. The number of hydrogen-bond acceptors (Lipinski definition) is 6. The summed E-state index contributed by atoms with van der Waals surface area (Å²) in [5.74, 6) is 0. The van der Waals surface area contributed by atoms with Crippen molar-refractivity contribution in [2.75, 3.05) is 19.6 Å². The molecule has 0 atom stereocenters. The minimum atomic E-state index is -0.0926. The average Bonchev–Trinajstić information content (AvgIpc) is 0.803. The summed E-state index contributed by atoms with van der Waals surface area (Å²) in [4.78, 5) is 10.1. The molecule has 0 radical (unpaired) electrons. The summed E-state index contributed by atoms with van der Waals surface area (Å²) in [5.41, 5.74) is 46.2. The molecular formula is C114H76B2N4OS. The van der Waals surface area contributed by atoms with Gasteiger partial charge in [-0.2, -0.15) is 0 Å². The van der Waals surface area contributed by atoms with Crippen LogP contribution < -0.4 is 52.4 Å². The second-order valence-corrected chi connectivity index (χ2v) is 36.0. The van der Waals surface area contributed by atoms with E-state index >= 15 is 0 Å². The molecule has 0 amide bonds. The highest BCUT2D eigenvalue weighted by molar-refractivity contribution is 7.26. The van der Waals surface area contributed by atoms with E-state index in [0.29, 0.717) is 0 Å². The van der Waals surface area contributed by atoms with Crippen molar-refractivity contribution >= 4 is 168 Å². The first-order chi connectivity index (χ1) is 60.0. The Bertz CT molecular complexity index is 7890. The first-order valence-corrected chi connectivity index (χ1v) is 43.5. The second kappa shape index (κ2) is 25.9. The van der Waals surface area contributed by atoms with Gasteiger partial charge in [0.1, 0.15) is 11.2 Å². The Balaban J connectivity index is 0.553. The first-order valence-electron chi connectivity index (χ1n) is 42.7. The van der Waals surface area contributed by atoms with E-state index in [4.69, 9.17) is 4.42 Å². The second-order valence-electron chi connectivity index (χ2n) is 34.9. The maximum absolute atomic E-state index is 6.36. The fourth-order valence-electron chi connectivity index (χ4n) is 22.1. The predicted octanol–water partition coefficient (Wildman–Crippen LogP) is 27.1. The van der Waals surface area contributed by atoms with Gasteiger partial charge in [-0.05, 0) is 266 Å². The van der Waals surface area contributed by atoms with Crippen LogP contribution in [0, 0.1) is 0 Å². The Morgan fingerprint density at radius 2 is 0.615 bits per heavy atom. The van der Waals surface area contributed by atoms with Crippen molar-refractivity contribution < 1.29 is 4.42 Å². The molecule has 570 valence electrons. The molecule has 0 saturated carbocycles. The molecule has 0 N–H and O–H groups in total. The van der Waals surface area contributed by atoms with E-state index in [2.05, 4.69) is 429 Å². The van der Waals surface area contributed by atoms with Crippen LogP contribution in [0.5, 0.6) is 0 Å². The third-order valence-electron chi connectivity index (χ3n) is 27.9. The van der Waals surface area contributed by atoms with Crippen LogP contribution in [-0.2, 0) is 10.8 Å². The van der Waals surface area contributed by atoms with Gasteiger partial charge in [0.2, 0.25) is 0 Å². The van der Waals surface area contributed by atoms with Gasteiger partial charge in [0.25, 0.3) is 13.4 Å². The third kappa shape index (κ3) is 10.0. The van der Waals surface area contributed by atoms with Crippen molar-refractivity contribution in [2.45, 2.75) is 38.5 Å². The summed E-state index contributed by atoms with van der Waals surface area (Å²) >= 11 is 1.90. The van der Waals surface area contributed by atoms with Crippen LogP contribution >= 0.6 is 11.3 Å². The molecule has 20 aromatic rings. The number of anilines is 12. The highest BCUT2D eigenvalue weighted by Gasteiger charge is 2.46. The van der Waals surface area contributed by atoms with E-state index in [-0.39, 0.29) is 24.3 Å². The fourth-order valence-corrected chi connectivity index (χ4v) is 23.4. The van der Waals surface area contributed by atoms with Gasteiger partial charge in [0.15, 0.2) is 0 Å². The molecule has 2 aliphatic carbocycles. The SMILES string of the molecule is CC1(C)c2ccccc2-c2ccc(-c3ccc(N4c5ccccc5B5c6ccccc6N(c6ccc(-c7cccc8c7sc7cc(-c9ccc%10c(c9)B9c%11ccccc%11N(c%11ccc(-c%12ccc%13c(c%12)C(C)(C)c%12ccccc%12-%13)cc%11)c%11cccc(c%119)N%10c9cccc(-c%10ccc%11oc%12ccccc%12c%11c%10)c9)ccc78)cc6)c6cccc4c65)cc3)cc21. The highest BCUT2D eigenvalue weighted by atomic mass is 32.1. The predicted molar refractivity (Wildman–Crippen MR) is 517 cm³/mol. The highest BCUT2D eigenvalue weighted by Crippen LogP contribution is 2.55. The number of para-hydroxylation sites is 4. The van der Waals surface area contributed by atoms with E-state index in [0.717, 1.165) is 61.5 Å². The Labute approximate surface area is 713 Å².